The van der Waals surface area contributed by atoms with Crippen LogP contribution in [0.3, 0.4) is 0 Å². The van der Waals surface area contributed by atoms with Gasteiger partial charge in [0.1, 0.15) is 0 Å². The topological polar surface area (TPSA) is 41.6 Å². The van der Waals surface area contributed by atoms with E-state index in [4.69, 9.17) is 0 Å². The predicted octanol–water partition coefficient (Wildman–Crippen LogP) is 1.46. The average Bonchev–Trinajstić information content (AvgIpc) is 2.17. The molecule has 2 atom stereocenters. The van der Waals surface area contributed by atoms with Crippen LogP contribution < -0.4 is 5.32 Å². The SMILES string of the molecule is CCCN1CC(C)CC(NC(=O)OC)C1. The number of carbonyl (C=O) groups excluding carboxylic acids is 1. The zero-order valence-corrected chi connectivity index (χ0v) is 9.95. The number of alkyl carbamates (subject to hydrolysis) is 1. The summed E-state index contributed by atoms with van der Waals surface area (Å²) in [6.45, 7) is 7.62. The first-order chi connectivity index (χ1) is 7.15. The molecular formula is C11H22N2O2. The molecule has 0 aliphatic carbocycles. The molecule has 1 heterocycles. The number of likely N-dealkylation sites (tertiary alicyclic amines) is 1. The molecule has 2 unspecified atom stereocenters. The average molecular weight is 214 g/mol. The highest BCUT2D eigenvalue weighted by atomic mass is 16.5. The van der Waals surface area contributed by atoms with Crippen molar-refractivity contribution in [2.45, 2.75) is 32.7 Å². The number of methoxy groups -OCH3 is 1. The molecule has 1 saturated heterocycles. The van der Waals surface area contributed by atoms with Crippen LogP contribution in [0.4, 0.5) is 4.79 Å². The zero-order chi connectivity index (χ0) is 11.3. The Morgan fingerprint density at radius 3 is 2.87 bits per heavy atom. The maximum Gasteiger partial charge on any atom is 0.407 e. The van der Waals surface area contributed by atoms with Crippen molar-refractivity contribution < 1.29 is 9.53 Å². The van der Waals surface area contributed by atoms with Crippen molar-refractivity contribution in [3.8, 4) is 0 Å². The summed E-state index contributed by atoms with van der Waals surface area (Å²) in [5.41, 5.74) is 0. The molecular weight excluding hydrogens is 192 g/mol. The lowest BCUT2D eigenvalue weighted by atomic mass is 9.96. The van der Waals surface area contributed by atoms with Crippen molar-refractivity contribution in [2.24, 2.45) is 5.92 Å². The lowest BCUT2D eigenvalue weighted by Gasteiger charge is -2.36. The Morgan fingerprint density at radius 1 is 1.53 bits per heavy atom. The van der Waals surface area contributed by atoms with E-state index in [1.807, 2.05) is 0 Å². The monoisotopic (exact) mass is 214 g/mol. The van der Waals surface area contributed by atoms with Crippen LogP contribution in [-0.4, -0.2) is 43.8 Å². The summed E-state index contributed by atoms with van der Waals surface area (Å²) in [7, 11) is 1.41. The van der Waals surface area contributed by atoms with Gasteiger partial charge in [-0.15, -0.1) is 0 Å². The number of piperidine rings is 1. The van der Waals surface area contributed by atoms with Gasteiger partial charge in [-0.25, -0.2) is 4.79 Å². The fourth-order valence-electron chi connectivity index (χ4n) is 2.29. The van der Waals surface area contributed by atoms with E-state index in [0.29, 0.717) is 5.92 Å². The van der Waals surface area contributed by atoms with Gasteiger partial charge < -0.3 is 15.0 Å². The van der Waals surface area contributed by atoms with E-state index < -0.39 is 0 Å². The van der Waals surface area contributed by atoms with Gasteiger partial charge >= 0.3 is 6.09 Å². The quantitative estimate of drug-likeness (QED) is 0.773. The number of ether oxygens (including phenoxy) is 1. The standard InChI is InChI=1S/C11H22N2O2/c1-4-5-13-7-9(2)6-10(8-13)12-11(14)15-3/h9-10H,4-8H2,1-3H3,(H,12,14). The summed E-state index contributed by atoms with van der Waals surface area (Å²) in [5, 5.41) is 2.88. The molecule has 0 aromatic heterocycles. The van der Waals surface area contributed by atoms with Crippen molar-refractivity contribution in [2.75, 3.05) is 26.7 Å². The van der Waals surface area contributed by atoms with E-state index in [-0.39, 0.29) is 12.1 Å². The molecule has 15 heavy (non-hydrogen) atoms. The molecule has 1 N–H and O–H groups in total. The second kappa shape index (κ2) is 5.95. The van der Waals surface area contributed by atoms with Gasteiger partial charge in [0.2, 0.25) is 0 Å². The molecule has 4 nitrogen and oxygen atoms in total. The highest BCUT2D eigenvalue weighted by molar-refractivity contribution is 5.67. The van der Waals surface area contributed by atoms with Crippen molar-refractivity contribution in [1.29, 1.82) is 0 Å². The molecule has 0 aromatic carbocycles. The summed E-state index contributed by atoms with van der Waals surface area (Å²) in [4.78, 5) is 13.5. The highest BCUT2D eigenvalue weighted by Crippen LogP contribution is 2.16. The van der Waals surface area contributed by atoms with Crippen molar-refractivity contribution in [3.63, 3.8) is 0 Å². The van der Waals surface area contributed by atoms with Crippen LogP contribution in [0.1, 0.15) is 26.7 Å². The number of rotatable bonds is 3. The minimum atomic E-state index is -0.314. The third kappa shape index (κ3) is 4.08. The molecule has 0 spiro atoms. The summed E-state index contributed by atoms with van der Waals surface area (Å²) in [5.74, 6) is 0.646. The Balaban J connectivity index is 2.40. The van der Waals surface area contributed by atoms with Crippen LogP contribution in [0.25, 0.3) is 0 Å². The van der Waals surface area contributed by atoms with Crippen LogP contribution in [0.15, 0.2) is 0 Å². The first-order valence-electron chi connectivity index (χ1n) is 5.72. The minimum absolute atomic E-state index is 0.243. The van der Waals surface area contributed by atoms with Crippen LogP contribution in [0.5, 0.6) is 0 Å². The van der Waals surface area contributed by atoms with Gasteiger partial charge in [0, 0.05) is 19.1 Å². The van der Waals surface area contributed by atoms with E-state index in [2.05, 4.69) is 28.8 Å². The Hall–Kier alpha value is -0.770. The van der Waals surface area contributed by atoms with E-state index in [1.165, 1.54) is 7.11 Å². The van der Waals surface area contributed by atoms with Gasteiger partial charge in [-0.3, -0.25) is 0 Å². The van der Waals surface area contributed by atoms with Crippen LogP contribution in [0, 0.1) is 5.92 Å². The summed E-state index contributed by atoms with van der Waals surface area (Å²) in [6, 6.07) is 0.243. The highest BCUT2D eigenvalue weighted by Gasteiger charge is 2.25. The van der Waals surface area contributed by atoms with Gasteiger partial charge in [0.25, 0.3) is 0 Å². The summed E-state index contributed by atoms with van der Waals surface area (Å²) in [6.07, 6.45) is 1.90. The van der Waals surface area contributed by atoms with E-state index >= 15 is 0 Å². The molecule has 1 fully saturated rings. The number of nitrogens with one attached hydrogen (secondary N) is 1. The maximum atomic E-state index is 11.1. The Labute approximate surface area is 92.0 Å². The van der Waals surface area contributed by atoms with E-state index in [9.17, 15) is 4.79 Å². The lowest BCUT2D eigenvalue weighted by molar-refractivity contribution is 0.130. The molecule has 0 bridgehead atoms. The van der Waals surface area contributed by atoms with Gasteiger partial charge in [-0.1, -0.05) is 13.8 Å². The number of nitrogens with zero attached hydrogens (tertiary/aromatic N) is 1. The molecule has 4 heteroatoms. The maximum absolute atomic E-state index is 11.1. The summed E-state index contributed by atoms with van der Waals surface area (Å²) < 4.78 is 4.61. The van der Waals surface area contributed by atoms with Gasteiger partial charge in [-0.2, -0.15) is 0 Å². The van der Waals surface area contributed by atoms with Crippen molar-refractivity contribution in [3.05, 3.63) is 0 Å². The molecule has 1 aliphatic heterocycles. The van der Waals surface area contributed by atoms with Gasteiger partial charge in [-0.05, 0) is 25.3 Å². The van der Waals surface area contributed by atoms with Crippen LogP contribution in [-0.2, 0) is 4.74 Å². The third-order valence-corrected chi connectivity index (χ3v) is 2.78. The van der Waals surface area contributed by atoms with Gasteiger partial charge in [0.15, 0.2) is 0 Å². The van der Waals surface area contributed by atoms with Crippen LogP contribution >= 0.6 is 0 Å². The normalized spacial score (nSPS) is 27.4. The lowest BCUT2D eigenvalue weighted by Crippen LogP contribution is -2.50. The number of hydrogen-bond acceptors (Lipinski definition) is 3. The minimum Gasteiger partial charge on any atom is -0.453 e. The first kappa shape index (κ1) is 12.3. The number of carbonyl (C=O) groups is 1. The van der Waals surface area contributed by atoms with Gasteiger partial charge in [0.05, 0.1) is 7.11 Å². The fraction of sp³-hybridized carbons (Fsp3) is 0.909. The third-order valence-electron chi connectivity index (χ3n) is 2.78. The largest absolute Gasteiger partial charge is 0.453 e. The number of amides is 1. The smallest absolute Gasteiger partial charge is 0.407 e. The molecule has 0 aromatic rings. The molecule has 0 radical (unpaired) electrons. The van der Waals surface area contributed by atoms with Crippen LogP contribution in [0.2, 0.25) is 0 Å². The van der Waals surface area contributed by atoms with Crippen molar-refractivity contribution >= 4 is 6.09 Å². The molecule has 1 aliphatic rings. The molecule has 1 amide bonds. The molecule has 1 rings (SSSR count). The summed E-state index contributed by atoms with van der Waals surface area (Å²) >= 11 is 0. The zero-order valence-electron chi connectivity index (χ0n) is 9.95. The van der Waals surface area contributed by atoms with E-state index in [0.717, 1.165) is 32.5 Å². The molecule has 88 valence electrons. The Morgan fingerprint density at radius 2 is 2.27 bits per heavy atom. The second-order valence-corrected chi connectivity index (χ2v) is 4.43. The van der Waals surface area contributed by atoms with E-state index in [1.54, 1.807) is 0 Å². The Bertz CT molecular complexity index is 209. The predicted molar refractivity (Wildman–Crippen MR) is 59.8 cm³/mol. The number of hydrogen-bond donors (Lipinski definition) is 1. The fourth-order valence-corrected chi connectivity index (χ4v) is 2.29. The molecule has 0 saturated carbocycles. The second-order valence-electron chi connectivity index (χ2n) is 4.43. The first-order valence-corrected chi connectivity index (χ1v) is 5.72. The van der Waals surface area contributed by atoms with Crippen molar-refractivity contribution in [1.82, 2.24) is 10.2 Å². The Kier molecular flexibility index (Phi) is 4.88.